The zero-order valence-corrected chi connectivity index (χ0v) is 11.1. The van der Waals surface area contributed by atoms with Crippen molar-refractivity contribution < 1.29 is 0 Å². The third-order valence-corrected chi connectivity index (χ3v) is 3.22. The topological polar surface area (TPSA) is 29.3 Å². The first-order valence-corrected chi connectivity index (χ1v) is 6.35. The van der Waals surface area contributed by atoms with Crippen LogP contribution in [0, 0.1) is 6.92 Å². The summed E-state index contributed by atoms with van der Waals surface area (Å²) in [4.78, 5) is 2.35. The van der Waals surface area contributed by atoms with Gasteiger partial charge >= 0.3 is 0 Å². The minimum atomic E-state index is 0.856. The molecular formula is C16H20N2. The first-order valence-electron chi connectivity index (χ1n) is 6.35. The summed E-state index contributed by atoms with van der Waals surface area (Å²) in [5.74, 6) is 0. The average Bonchev–Trinajstić information content (AvgIpc) is 2.40. The molecule has 2 aromatic rings. The van der Waals surface area contributed by atoms with Crippen molar-refractivity contribution in [3.05, 3.63) is 59.7 Å². The van der Waals surface area contributed by atoms with Crippen LogP contribution < -0.4 is 10.6 Å². The van der Waals surface area contributed by atoms with Gasteiger partial charge in [0.2, 0.25) is 0 Å². The van der Waals surface area contributed by atoms with Crippen LogP contribution >= 0.6 is 0 Å². The number of anilines is 2. The molecule has 0 atom stereocenters. The number of nitrogens with zero attached hydrogens (tertiary/aromatic N) is 1. The van der Waals surface area contributed by atoms with Crippen molar-refractivity contribution in [3.63, 3.8) is 0 Å². The molecule has 0 aliphatic rings. The van der Waals surface area contributed by atoms with Crippen molar-refractivity contribution in [3.8, 4) is 0 Å². The molecule has 0 aromatic heterocycles. The number of benzene rings is 2. The van der Waals surface area contributed by atoms with Crippen molar-refractivity contribution in [2.45, 2.75) is 20.4 Å². The van der Waals surface area contributed by atoms with Gasteiger partial charge in [0.05, 0.1) is 0 Å². The Morgan fingerprint density at radius 2 is 1.78 bits per heavy atom. The van der Waals surface area contributed by atoms with Crippen LogP contribution in [0.15, 0.2) is 48.5 Å². The largest absolute Gasteiger partial charge is 0.399 e. The van der Waals surface area contributed by atoms with Crippen LogP contribution in [-0.4, -0.2) is 6.54 Å². The molecule has 18 heavy (non-hydrogen) atoms. The minimum absolute atomic E-state index is 0.856. The van der Waals surface area contributed by atoms with E-state index in [0.717, 1.165) is 24.3 Å². The van der Waals surface area contributed by atoms with Crippen LogP contribution in [0.1, 0.15) is 18.1 Å². The summed E-state index contributed by atoms with van der Waals surface area (Å²) in [5.41, 5.74) is 10.4. The lowest BCUT2D eigenvalue weighted by atomic mass is 10.1. The fourth-order valence-electron chi connectivity index (χ4n) is 2.05. The predicted octanol–water partition coefficient (Wildman–Crippen LogP) is 3.60. The lowest BCUT2D eigenvalue weighted by Gasteiger charge is -2.24. The van der Waals surface area contributed by atoms with Gasteiger partial charge in [0.25, 0.3) is 0 Å². The molecule has 0 spiro atoms. The third-order valence-electron chi connectivity index (χ3n) is 3.22. The van der Waals surface area contributed by atoms with Crippen LogP contribution in [0.25, 0.3) is 0 Å². The molecule has 2 rings (SSSR count). The normalized spacial score (nSPS) is 10.3. The van der Waals surface area contributed by atoms with E-state index in [0.29, 0.717) is 0 Å². The highest BCUT2D eigenvalue weighted by Gasteiger charge is 2.06. The van der Waals surface area contributed by atoms with Gasteiger partial charge in [0.15, 0.2) is 0 Å². The molecule has 0 saturated heterocycles. The Balaban J connectivity index is 2.20. The van der Waals surface area contributed by atoms with Crippen LogP contribution in [0.5, 0.6) is 0 Å². The summed E-state index contributed by atoms with van der Waals surface area (Å²) in [6.45, 7) is 6.14. The maximum atomic E-state index is 5.86. The first kappa shape index (κ1) is 12.5. The molecule has 0 radical (unpaired) electrons. The van der Waals surface area contributed by atoms with E-state index in [1.54, 1.807) is 0 Å². The van der Waals surface area contributed by atoms with Gasteiger partial charge < -0.3 is 10.6 Å². The molecular weight excluding hydrogens is 220 g/mol. The zero-order chi connectivity index (χ0) is 13.0. The van der Waals surface area contributed by atoms with E-state index in [1.165, 1.54) is 11.3 Å². The van der Waals surface area contributed by atoms with Gasteiger partial charge in [-0.1, -0.05) is 30.3 Å². The summed E-state index contributed by atoms with van der Waals surface area (Å²) in [6, 6.07) is 16.8. The van der Waals surface area contributed by atoms with Crippen molar-refractivity contribution in [2.24, 2.45) is 0 Å². The predicted molar refractivity (Wildman–Crippen MR) is 78.8 cm³/mol. The van der Waals surface area contributed by atoms with Gasteiger partial charge in [0.1, 0.15) is 0 Å². The smallest absolute Gasteiger partial charge is 0.0429 e. The monoisotopic (exact) mass is 240 g/mol. The Hall–Kier alpha value is -1.96. The van der Waals surface area contributed by atoms with Crippen molar-refractivity contribution in [1.82, 2.24) is 0 Å². The van der Waals surface area contributed by atoms with Crippen LogP contribution in [0.3, 0.4) is 0 Å². The van der Waals surface area contributed by atoms with Gasteiger partial charge in [-0.05, 0) is 43.2 Å². The minimum Gasteiger partial charge on any atom is -0.399 e. The van der Waals surface area contributed by atoms with E-state index < -0.39 is 0 Å². The molecule has 0 unspecified atom stereocenters. The van der Waals surface area contributed by atoms with Crippen molar-refractivity contribution in [2.75, 3.05) is 17.2 Å². The van der Waals surface area contributed by atoms with Gasteiger partial charge in [0, 0.05) is 24.5 Å². The second-order valence-corrected chi connectivity index (χ2v) is 4.54. The molecule has 0 amide bonds. The van der Waals surface area contributed by atoms with E-state index in [4.69, 9.17) is 5.73 Å². The Bertz CT molecular complexity index is 506. The fourth-order valence-corrected chi connectivity index (χ4v) is 2.05. The summed E-state index contributed by atoms with van der Waals surface area (Å²) < 4.78 is 0. The molecule has 2 aromatic carbocycles. The molecule has 0 heterocycles. The molecule has 0 fully saturated rings. The lowest BCUT2D eigenvalue weighted by molar-refractivity contribution is 0.831. The summed E-state index contributed by atoms with van der Waals surface area (Å²) in [5, 5.41) is 0. The molecule has 0 bridgehead atoms. The average molecular weight is 240 g/mol. The number of nitrogen functional groups attached to an aromatic ring is 1. The number of hydrogen-bond acceptors (Lipinski definition) is 2. The van der Waals surface area contributed by atoms with E-state index in [9.17, 15) is 0 Å². The number of rotatable bonds is 4. The Morgan fingerprint density at radius 1 is 1.06 bits per heavy atom. The second kappa shape index (κ2) is 5.58. The second-order valence-electron chi connectivity index (χ2n) is 4.54. The molecule has 2 nitrogen and oxygen atoms in total. The van der Waals surface area contributed by atoms with Gasteiger partial charge in [-0.15, -0.1) is 0 Å². The zero-order valence-electron chi connectivity index (χ0n) is 11.1. The van der Waals surface area contributed by atoms with Gasteiger partial charge in [-0.25, -0.2) is 0 Å². The molecule has 0 aliphatic heterocycles. The third kappa shape index (κ3) is 2.83. The van der Waals surface area contributed by atoms with Gasteiger partial charge in [-0.2, -0.15) is 0 Å². The van der Waals surface area contributed by atoms with Gasteiger partial charge in [-0.3, -0.25) is 0 Å². The Labute approximate surface area is 109 Å². The van der Waals surface area contributed by atoms with Crippen LogP contribution in [-0.2, 0) is 6.54 Å². The summed E-state index contributed by atoms with van der Waals surface area (Å²) >= 11 is 0. The summed E-state index contributed by atoms with van der Waals surface area (Å²) in [7, 11) is 0. The maximum Gasteiger partial charge on any atom is 0.0429 e. The van der Waals surface area contributed by atoms with E-state index >= 15 is 0 Å². The van der Waals surface area contributed by atoms with E-state index in [2.05, 4.69) is 55.1 Å². The highest BCUT2D eigenvalue weighted by molar-refractivity contribution is 5.58. The number of hydrogen-bond donors (Lipinski definition) is 1. The standard InChI is InChI=1S/C16H20N2/c1-3-18(12-14-7-5-4-6-8-14)15-9-10-16(17)13(2)11-15/h4-11H,3,12,17H2,1-2H3. The fraction of sp³-hybridized carbons (Fsp3) is 0.250. The molecule has 0 aliphatic carbocycles. The van der Waals surface area contributed by atoms with Crippen molar-refractivity contribution in [1.29, 1.82) is 0 Å². The SMILES string of the molecule is CCN(Cc1ccccc1)c1ccc(N)c(C)c1. The van der Waals surface area contributed by atoms with Crippen LogP contribution in [0.4, 0.5) is 11.4 Å². The highest BCUT2D eigenvalue weighted by atomic mass is 15.1. The number of aryl methyl sites for hydroxylation is 1. The molecule has 2 N–H and O–H groups in total. The van der Waals surface area contributed by atoms with Crippen LogP contribution in [0.2, 0.25) is 0 Å². The molecule has 0 saturated carbocycles. The van der Waals surface area contributed by atoms with Crippen molar-refractivity contribution >= 4 is 11.4 Å². The number of nitrogens with two attached hydrogens (primary N) is 1. The molecule has 94 valence electrons. The quantitative estimate of drug-likeness (QED) is 0.827. The maximum absolute atomic E-state index is 5.86. The van der Waals surface area contributed by atoms with E-state index in [-0.39, 0.29) is 0 Å². The molecule has 2 heteroatoms. The highest BCUT2D eigenvalue weighted by Crippen LogP contribution is 2.22. The lowest BCUT2D eigenvalue weighted by Crippen LogP contribution is -2.22. The first-order chi connectivity index (χ1) is 8.70. The van der Waals surface area contributed by atoms with E-state index in [1.807, 2.05) is 12.1 Å². The summed E-state index contributed by atoms with van der Waals surface area (Å²) in [6.07, 6.45) is 0. The Morgan fingerprint density at radius 3 is 2.39 bits per heavy atom. The Kier molecular flexibility index (Phi) is 3.88.